The molecular weight excluding hydrogens is 285 g/mol. The van der Waals surface area contributed by atoms with Gasteiger partial charge in [-0.3, -0.25) is 9.97 Å². The molecule has 17 heavy (non-hydrogen) atoms. The maximum absolute atomic E-state index is 13.7. The van der Waals surface area contributed by atoms with Crippen molar-refractivity contribution in [3.05, 3.63) is 58.3 Å². The molecule has 0 spiro atoms. The minimum atomic E-state index is -0.343. The summed E-state index contributed by atoms with van der Waals surface area (Å²) in [6.45, 7) is 0. The number of hydrogen-bond donors (Lipinski definition) is 1. The van der Waals surface area contributed by atoms with E-state index in [0.29, 0.717) is 5.56 Å². The zero-order valence-electron chi connectivity index (χ0n) is 9.19. The average Bonchev–Trinajstić information content (AvgIpc) is 2.34. The first-order valence-electron chi connectivity index (χ1n) is 5.11. The summed E-state index contributed by atoms with van der Waals surface area (Å²) in [6.07, 6.45) is 4.46. The molecule has 5 heteroatoms. The van der Waals surface area contributed by atoms with Crippen LogP contribution in [0.25, 0.3) is 0 Å². The van der Waals surface area contributed by atoms with Crippen LogP contribution in [0.15, 0.2) is 41.3 Å². The molecule has 0 aliphatic rings. The van der Waals surface area contributed by atoms with Crippen molar-refractivity contribution in [2.75, 3.05) is 7.05 Å². The van der Waals surface area contributed by atoms with E-state index in [0.717, 1.165) is 10.2 Å². The molecule has 2 heterocycles. The maximum Gasteiger partial charge on any atom is 0.146 e. The van der Waals surface area contributed by atoms with Gasteiger partial charge in [0.05, 0.1) is 17.9 Å². The third-order valence-corrected chi connectivity index (χ3v) is 3.13. The van der Waals surface area contributed by atoms with Gasteiger partial charge in [0.1, 0.15) is 5.82 Å². The third kappa shape index (κ3) is 2.50. The van der Waals surface area contributed by atoms with Gasteiger partial charge in [-0.1, -0.05) is 0 Å². The Bertz CT molecular complexity index is 473. The number of halogens is 2. The van der Waals surface area contributed by atoms with Crippen LogP contribution in [-0.4, -0.2) is 17.0 Å². The fraction of sp³-hybridized carbons (Fsp3) is 0.167. The minimum absolute atomic E-state index is 0.298. The van der Waals surface area contributed by atoms with E-state index in [9.17, 15) is 4.39 Å². The number of rotatable bonds is 3. The van der Waals surface area contributed by atoms with E-state index in [-0.39, 0.29) is 11.9 Å². The van der Waals surface area contributed by atoms with Crippen LogP contribution in [0.3, 0.4) is 0 Å². The first-order valence-corrected chi connectivity index (χ1v) is 5.90. The smallest absolute Gasteiger partial charge is 0.146 e. The fourth-order valence-electron chi connectivity index (χ4n) is 1.67. The Morgan fingerprint density at radius 1 is 1.35 bits per heavy atom. The molecule has 1 N–H and O–H groups in total. The summed E-state index contributed by atoms with van der Waals surface area (Å²) in [7, 11) is 1.77. The molecule has 0 bridgehead atoms. The minimum Gasteiger partial charge on any atom is -0.308 e. The van der Waals surface area contributed by atoms with Crippen molar-refractivity contribution in [1.29, 1.82) is 0 Å². The quantitative estimate of drug-likeness (QED) is 0.946. The lowest BCUT2D eigenvalue weighted by Gasteiger charge is -2.17. The molecule has 1 atom stereocenters. The van der Waals surface area contributed by atoms with Gasteiger partial charge >= 0.3 is 0 Å². The summed E-state index contributed by atoms with van der Waals surface area (Å²) in [4.78, 5) is 8.01. The van der Waals surface area contributed by atoms with Gasteiger partial charge in [-0.25, -0.2) is 4.39 Å². The van der Waals surface area contributed by atoms with E-state index in [1.807, 2.05) is 12.1 Å². The van der Waals surface area contributed by atoms with Crippen LogP contribution < -0.4 is 5.32 Å². The number of pyridine rings is 2. The van der Waals surface area contributed by atoms with Crippen molar-refractivity contribution >= 4 is 15.9 Å². The van der Waals surface area contributed by atoms with Crippen LogP contribution in [0.1, 0.15) is 17.3 Å². The van der Waals surface area contributed by atoms with Gasteiger partial charge in [0.15, 0.2) is 0 Å². The predicted molar refractivity (Wildman–Crippen MR) is 67.0 cm³/mol. The van der Waals surface area contributed by atoms with E-state index in [1.165, 1.54) is 6.20 Å². The van der Waals surface area contributed by atoms with E-state index in [1.54, 1.807) is 25.5 Å². The lowest BCUT2D eigenvalue weighted by atomic mass is 10.0. The first kappa shape index (κ1) is 12.1. The standard InChI is InChI=1S/C12H11BrFN3/c1-15-11(8-4-6-16-7-10(8)14)12-9(13)3-2-5-17-12/h2-7,11,15H,1H3. The summed E-state index contributed by atoms with van der Waals surface area (Å²) >= 11 is 3.42. The normalized spacial score (nSPS) is 12.4. The van der Waals surface area contributed by atoms with Crippen molar-refractivity contribution in [3.63, 3.8) is 0 Å². The molecule has 0 aromatic carbocycles. The Morgan fingerprint density at radius 2 is 2.18 bits per heavy atom. The van der Waals surface area contributed by atoms with E-state index in [4.69, 9.17) is 0 Å². The highest BCUT2D eigenvalue weighted by molar-refractivity contribution is 9.10. The van der Waals surface area contributed by atoms with Gasteiger partial charge < -0.3 is 5.32 Å². The summed E-state index contributed by atoms with van der Waals surface area (Å²) in [6, 6.07) is 5.06. The SMILES string of the molecule is CNC(c1ccncc1F)c1ncccc1Br. The molecular formula is C12H11BrFN3. The lowest BCUT2D eigenvalue weighted by molar-refractivity contribution is 0.564. The molecule has 0 saturated carbocycles. The lowest BCUT2D eigenvalue weighted by Crippen LogP contribution is -2.20. The molecule has 0 fully saturated rings. The topological polar surface area (TPSA) is 37.8 Å². The predicted octanol–water partition coefficient (Wildman–Crippen LogP) is 2.69. The molecule has 2 rings (SSSR count). The monoisotopic (exact) mass is 295 g/mol. The van der Waals surface area contributed by atoms with Gasteiger partial charge in [0.2, 0.25) is 0 Å². The molecule has 0 aliphatic heterocycles. The second-order valence-electron chi connectivity index (χ2n) is 3.49. The van der Waals surface area contributed by atoms with Crippen LogP contribution in [0.4, 0.5) is 4.39 Å². The molecule has 2 aromatic rings. The number of hydrogen-bond acceptors (Lipinski definition) is 3. The van der Waals surface area contributed by atoms with Crippen LogP contribution in [0.5, 0.6) is 0 Å². The van der Waals surface area contributed by atoms with Crippen molar-refractivity contribution in [2.45, 2.75) is 6.04 Å². The molecule has 2 aromatic heterocycles. The molecule has 0 saturated heterocycles. The van der Waals surface area contributed by atoms with Crippen LogP contribution in [0, 0.1) is 5.82 Å². The second-order valence-corrected chi connectivity index (χ2v) is 4.34. The van der Waals surface area contributed by atoms with Crippen LogP contribution in [-0.2, 0) is 0 Å². The van der Waals surface area contributed by atoms with Gasteiger partial charge in [0.25, 0.3) is 0 Å². The molecule has 0 amide bonds. The number of nitrogens with one attached hydrogen (secondary N) is 1. The largest absolute Gasteiger partial charge is 0.308 e. The summed E-state index contributed by atoms with van der Waals surface area (Å²) in [5.74, 6) is -0.343. The molecule has 0 aliphatic carbocycles. The van der Waals surface area contributed by atoms with Crippen molar-refractivity contribution in [3.8, 4) is 0 Å². The van der Waals surface area contributed by atoms with Crippen molar-refractivity contribution in [2.24, 2.45) is 0 Å². The van der Waals surface area contributed by atoms with Crippen LogP contribution in [0.2, 0.25) is 0 Å². The van der Waals surface area contributed by atoms with Crippen molar-refractivity contribution in [1.82, 2.24) is 15.3 Å². The first-order chi connectivity index (χ1) is 8.24. The highest BCUT2D eigenvalue weighted by atomic mass is 79.9. The average molecular weight is 296 g/mol. The summed E-state index contributed by atoms with van der Waals surface area (Å²) < 4.78 is 14.5. The summed E-state index contributed by atoms with van der Waals surface area (Å²) in [5, 5.41) is 3.06. The van der Waals surface area contributed by atoms with Gasteiger partial charge in [0, 0.05) is 22.4 Å². The van der Waals surface area contributed by atoms with Gasteiger partial charge in [-0.15, -0.1) is 0 Å². The van der Waals surface area contributed by atoms with E-state index < -0.39 is 0 Å². The molecule has 1 unspecified atom stereocenters. The fourth-order valence-corrected chi connectivity index (χ4v) is 2.15. The zero-order valence-corrected chi connectivity index (χ0v) is 10.8. The van der Waals surface area contributed by atoms with Gasteiger partial charge in [-0.05, 0) is 41.2 Å². The zero-order chi connectivity index (χ0) is 12.3. The molecule has 88 valence electrons. The Hall–Kier alpha value is -1.33. The van der Waals surface area contributed by atoms with Gasteiger partial charge in [-0.2, -0.15) is 0 Å². The second kappa shape index (κ2) is 5.33. The number of aromatic nitrogens is 2. The number of nitrogens with zero attached hydrogens (tertiary/aromatic N) is 2. The van der Waals surface area contributed by atoms with Crippen LogP contribution >= 0.6 is 15.9 Å². The Kier molecular flexibility index (Phi) is 3.81. The highest BCUT2D eigenvalue weighted by Crippen LogP contribution is 2.27. The van der Waals surface area contributed by atoms with Crippen molar-refractivity contribution < 1.29 is 4.39 Å². The third-order valence-electron chi connectivity index (χ3n) is 2.46. The Morgan fingerprint density at radius 3 is 2.82 bits per heavy atom. The summed E-state index contributed by atoms with van der Waals surface area (Å²) in [5.41, 5.74) is 1.28. The Labute approximate surface area is 107 Å². The molecule has 0 radical (unpaired) electrons. The van der Waals surface area contributed by atoms with E-state index >= 15 is 0 Å². The maximum atomic E-state index is 13.7. The Balaban J connectivity index is 2.48. The van der Waals surface area contributed by atoms with E-state index in [2.05, 4.69) is 31.2 Å². The highest BCUT2D eigenvalue weighted by Gasteiger charge is 2.19. The molecule has 3 nitrogen and oxygen atoms in total.